The first-order valence-electron chi connectivity index (χ1n) is 7.26. The number of esters is 2. The molecular weight excluding hydrogens is 288 g/mol. The Balaban J connectivity index is 0.000000626. The number of aliphatic hydroxyl groups is 2. The molecule has 0 fully saturated rings. The van der Waals surface area contributed by atoms with Gasteiger partial charge in [-0.15, -0.1) is 0 Å². The molecule has 1 aromatic carbocycles. The van der Waals surface area contributed by atoms with E-state index in [-0.39, 0.29) is 11.1 Å². The molecule has 0 saturated carbocycles. The van der Waals surface area contributed by atoms with Gasteiger partial charge in [-0.05, 0) is 24.3 Å². The highest BCUT2D eigenvalue weighted by molar-refractivity contribution is 5.93. The maximum absolute atomic E-state index is 11.1. The zero-order chi connectivity index (χ0) is 16.8. The summed E-state index contributed by atoms with van der Waals surface area (Å²) in [6, 6.07) is 5.41. The molecule has 0 atom stereocenters. The molecule has 0 aliphatic heterocycles. The lowest BCUT2D eigenvalue weighted by Crippen LogP contribution is -2.08. The first-order chi connectivity index (χ1) is 10.6. The number of hydrogen-bond acceptors (Lipinski definition) is 6. The van der Waals surface area contributed by atoms with Gasteiger partial charge < -0.3 is 19.7 Å². The Morgan fingerprint density at radius 1 is 0.818 bits per heavy atom. The highest BCUT2D eigenvalue weighted by atomic mass is 16.6. The third kappa shape index (κ3) is 8.39. The van der Waals surface area contributed by atoms with E-state index in [1.54, 1.807) is 0 Å². The van der Waals surface area contributed by atoms with Crippen LogP contribution in [0.2, 0.25) is 0 Å². The summed E-state index contributed by atoms with van der Waals surface area (Å²) in [5, 5.41) is 16.7. The van der Waals surface area contributed by atoms with Gasteiger partial charge in [0.15, 0.2) is 13.6 Å². The Labute approximate surface area is 130 Å². The van der Waals surface area contributed by atoms with E-state index in [0.29, 0.717) is 0 Å². The van der Waals surface area contributed by atoms with Gasteiger partial charge in [0.05, 0.1) is 11.1 Å². The van der Waals surface area contributed by atoms with E-state index in [0.717, 1.165) is 0 Å². The molecule has 1 rings (SSSR count). The van der Waals surface area contributed by atoms with Gasteiger partial charge in [0, 0.05) is 0 Å². The molecule has 0 unspecified atom stereocenters. The average molecular weight is 312 g/mol. The quantitative estimate of drug-likeness (QED) is 0.456. The third-order valence-corrected chi connectivity index (χ3v) is 2.70. The van der Waals surface area contributed by atoms with Crippen molar-refractivity contribution in [1.82, 2.24) is 0 Å². The summed E-state index contributed by atoms with van der Waals surface area (Å²) in [7, 11) is 0. The van der Waals surface area contributed by atoms with Crippen LogP contribution in [0.1, 0.15) is 60.2 Å². The summed E-state index contributed by atoms with van der Waals surface area (Å²) in [6.45, 7) is 3.06. The molecule has 0 spiro atoms. The van der Waals surface area contributed by atoms with Crippen molar-refractivity contribution in [2.45, 2.75) is 39.5 Å². The van der Waals surface area contributed by atoms with Crippen molar-refractivity contribution in [2.75, 3.05) is 13.6 Å². The van der Waals surface area contributed by atoms with Crippen LogP contribution >= 0.6 is 0 Å². The normalized spacial score (nSPS) is 9.45. The summed E-state index contributed by atoms with van der Waals surface area (Å²) >= 11 is 0. The molecule has 0 bridgehead atoms. The van der Waals surface area contributed by atoms with E-state index in [2.05, 4.69) is 23.3 Å². The molecule has 1 aromatic rings. The Morgan fingerprint density at radius 3 is 1.36 bits per heavy atom. The predicted octanol–water partition coefficient (Wildman–Crippen LogP) is 2.49. The molecule has 6 heteroatoms. The minimum absolute atomic E-state index is 0.203. The van der Waals surface area contributed by atoms with Gasteiger partial charge in [0.25, 0.3) is 0 Å². The van der Waals surface area contributed by atoms with Crippen LogP contribution in [-0.4, -0.2) is 35.7 Å². The summed E-state index contributed by atoms with van der Waals surface area (Å²) in [4.78, 5) is 22.2. The van der Waals surface area contributed by atoms with Crippen molar-refractivity contribution in [1.29, 1.82) is 0 Å². The van der Waals surface area contributed by atoms with Gasteiger partial charge in [-0.3, -0.25) is 0 Å². The van der Waals surface area contributed by atoms with Crippen molar-refractivity contribution in [3.63, 3.8) is 0 Å². The number of benzene rings is 1. The fourth-order valence-corrected chi connectivity index (χ4v) is 1.53. The van der Waals surface area contributed by atoms with Crippen LogP contribution in [0.3, 0.4) is 0 Å². The Hall–Kier alpha value is -1.92. The van der Waals surface area contributed by atoms with E-state index in [1.807, 2.05) is 0 Å². The number of aliphatic hydroxyl groups excluding tert-OH is 2. The molecule has 22 heavy (non-hydrogen) atoms. The van der Waals surface area contributed by atoms with Crippen molar-refractivity contribution in [2.24, 2.45) is 0 Å². The van der Waals surface area contributed by atoms with Crippen molar-refractivity contribution >= 4 is 11.9 Å². The van der Waals surface area contributed by atoms with Gasteiger partial charge >= 0.3 is 11.9 Å². The van der Waals surface area contributed by atoms with E-state index in [1.165, 1.54) is 49.9 Å². The highest BCUT2D eigenvalue weighted by Gasteiger charge is 2.09. The first-order valence-corrected chi connectivity index (χ1v) is 7.26. The second kappa shape index (κ2) is 12.8. The Kier molecular flexibility index (Phi) is 11.7. The van der Waals surface area contributed by atoms with E-state index in [4.69, 9.17) is 10.2 Å². The Morgan fingerprint density at radius 2 is 1.14 bits per heavy atom. The molecule has 6 nitrogen and oxygen atoms in total. The summed E-state index contributed by atoms with van der Waals surface area (Å²) in [5.74, 6) is -1.38. The Bertz CT molecular complexity index is 386. The predicted molar refractivity (Wildman–Crippen MR) is 81.3 cm³/mol. The van der Waals surface area contributed by atoms with Gasteiger partial charge in [-0.25, -0.2) is 9.59 Å². The SMILES string of the molecule is CCCCCC.O=C(OCO)c1ccc(C(=O)OCO)cc1. The molecule has 0 amide bonds. The monoisotopic (exact) mass is 312 g/mol. The molecule has 0 aliphatic rings. The van der Waals surface area contributed by atoms with Gasteiger partial charge in [0.1, 0.15) is 0 Å². The standard InChI is InChI=1S/C10H10O6.C6H14/c11-5-15-9(13)7-1-2-8(4-3-7)10(14)16-6-12;1-3-5-6-4-2/h1-4,11-12H,5-6H2;3-6H2,1-2H3. The number of carbonyl (C=O) groups is 2. The maximum atomic E-state index is 11.1. The maximum Gasteiger partial charge on any atom is 0.340 e. The van der Waals surface area contributed by atoms with Crippen LogP contribution in [0.25, 0.3) is 0 Å². The number of ether oxygens (including phenoxy) is 2. The van der Waals surface area contributed by atoms with Crippen LogP contribution < -0.4 is 0 Å². The molecule has 0 radical (unpaired) electrons. The molecule has 0 aliphatic carbocycles. The van der Waals surface area contributed by atoms with Gasteiger partial charge in [0.2, 0.25) is 0 Å². The minimum Gasteiger partial charge on any atom is -0.435 e. The third-order valence-electron chi connectivity index (χ3n) is 2.70. The van der Waals surface area contributed by atoms with Gasteiger partial charge in [-0.1, -0.05) is 39.5 Å². The second-order valence-electron chi connectivity index (χ2n) is 4.41. The lowest BCUT2D eigenvalue weighted by molar-refractivity contribution is 0.00523. The second-order valence-corrected chi connectivity index (χ2v) is 4.41. The number of rotatable bonds is 7. The van der Waals surface area contributed by atoms with Gasteiger partial charge in [-0.2, -0.15) is 0 Å². The zero-order valence-corrected chi connectivity index (χ0v) is 13.1. The van der Waals surface area contributed by atoms with Crippen molar-refractivity contribution < 1.29 is 29.3 Å². The number of unbranched alkanes of at least 4 members (excludes halogenated alkanes) is 3. The van der Waals surface area contributed by atoms with E-state index >= 15 is 0 Å². The topological polar surface area (TPSA) is 93.1 Å². The molecule has 0 heterocycles. The number of hydrogen-bond donors (Lipinski definition) is 2. The largest absolute Gasteiger partial charge is 0.435 e. The number of carbonyl (C=O) groups excluding carboxylic acids is 2. The van der Waals surface area contributed by atoms with E-state index in [9.17, 15) is 9.59 Å². The van der Waals surface area contributed by atoms with Crippen LogP contribution in [0, 0.1) is 0 Å². The minimum atomic E-state index is -0.701. The zero-order valence-electron chi connectivity index (χ0n) is 13.1. The smallest absolute Gasteiger partial charge is 0.340 e. The fourth-order valence-electron chi connectivity index (χ4n) is 1.53. The summed E-state index contributed by atoms with van der Waals surface area (Å²) in [6.07, 6.45) is 5.54. The fraction of sp³-hybridized carbons (Fsp3) is 0.500. The molecular formula is C16H24O6. The molecule has 2 N–H and O–H groups in total. The van der Waals surface area contributed by atoms with Crippen molar-refractivity contribution in [3.8, 4) is 0 Å². The first kappa shape index (κ1) is 20.1. The molecule has 0 saturated heterocycles. The van der Waals surface area contributed by atoms with E-state index < -0.39 is 25.5 Å². The van der Waals surface area contributed by atoms with Crippen LogP contribution in [0.15, 0.2) is 24.3 Å². The van der Waals surface area contributed by atoms with Crippen LogP contribution in [0.5, 0.6) is 0 Å². The summed E-state index contributed by atoms with van der Waals surface area (Å²) < 4.78 is 8.67. The van der Waals surface area contributed by atoms with Crippen LogP contribution in [-0.2, 0) is 9.47 Å². The van der Waals surface area contributed by atoms with Crippen molar-refractivity contribution in [3.05, 3.63) is 35.4 Å². The highest BCUT2D eigenvalue weighted by Crippen LogP contribution is 2.07. The average Bonchev–Trinajstić information content (AvgIpc) is 2.54. The summed E-state index contributed by atoms with van der Waals surface area (Å²) in [5.41, 5.74) is 0.407. The lowest BCUT2D eigenvalue weighted by atomic mass is 10.1. The molecule has 124 valence electrons. The molecule has 0 aromatic heterocycles. The van der Waals surface area contributed by atoms with Crippen LogP contribution in [0.4, 0.5) is 0 Å². The lowest BCUT2D eigenvalue weighted by Gasteiger charge is -2.03.